The van der Waals surface area contributed by atoms with Crippen LogP contribution in [0.5, 0.6) is 0 Å². The molecule has 0 aromatic rings. The Morgan fingerprint density at radius 1 is 1.20 bits per heavy atom. The Morgan fingerprint density at radius 3 is 2.27 bits per heavy atom. The van der Waals surface area contributed by atoms with E-state index in [4.69, 9.17) is 0 Å². The second kappa shape index (κ2) is 3.46. The van der Waals surface area contributed by atoms with Gasteiger partial charge in [-0.3, -0.25) is 4.90 Å². The molecule has 88 valence electrons. The monoisotopic (exact) mass is 210 g/mol. The lowest BCUT2D eigenvalue weighted by atomic mass is 10.0. The van der Waals surface area contributed by atoms with Crippen LogP contribution < -0.4 is 5.32 Å². The average Bonchev–Trinajstić information content (AvgIpc) is 2.51. The summed E-state index contributed by atoms with van der Waals surface area (Å²) >= 11 is 0. The van der Waals surface area contributed by atoms with E-state index in [9.17, 15) is 0 Å². The summed E-state index contributed by atoms with van der Waals surface area (Å²) in [5, 5.41) is 3.30. The van der Waals surface area contributed by atoms with Crippen LogP contribution in [0.2, 0.25) is 0 Å². The topological polar surface area (TPSA) is 15.3 Å². The zero-order valence-corrected chi connectivity index (χ0v) is 10.9. The lowest BCUT2D eigenvalue weighted by Crippen LogP contribution is -2.29. The fourth-order valence-electron chi connectivity index (χ4n) is 3.63. The minimum absolute atomic E-state index is 0.515. The maximum absolute atomic E-state index is 3.30. The van der Waals surface area contributed by atoms with Crippen molar-refractivity contribution in [3.8, 4) is 0 Å². The van der Waals surface area contributed by atoms with Crippen LogP contribution in [0.1, 0.15) is 34.1 Å². The van der Waals surface area contributed by atoms with Crippen molar-refractivity contribution in [1.29, 1.82) is 0 Å². The Bertz CT molecular complexity index is 231. The van der Waals surface area contributed by atoms with Gasteiger partial charge in [-0.1, -0.05) is 27.7 Å². The molecule has 1 N–H and O–H groups in total. The van der Waals surface area contributed by atoms with Crippen LogP contribution in [0, 0.1) is 16.7 Å². The summed E-state index contributed by atoms with van der Waals surface area (Å²) in [5.74, 6) is 0.877. The first kappa shape index (κ1) is 11.4. The molecule has 0 radical (unpaired) electrons. The van der Waals surface area contributed by atoms with Crippen molar-refractivity contribution in [1.82, 2.24) is 10.2 Å². The molecule has 0 aromatic heterocycles. The molecule has 2 nitrogen and oxygen atoms in total. The van der Waals surface area contributed by atoms with Crippen LogP contribution in [-0.4, -0.2) is 37.6 Å². The van der Waals surface area contributed by atoms with Gasteiger partial charge in [-0.25, -0.2) is 0 Å². The molecule has 1 unspecified atom stereocenters. The zero-order valence-electron chi connectivity index (χ0n) is 10.9. The van der Waals surface area contributed by atoms with Crippen molar-refractivity contribution in [3.63, 3.8) is 0 Å². The fourth-order valence-corrected chi connectivity index (χ4v) is 3.63. The van der Waals surface area contributed by atoms with Crippen molar-refractivity contribution < 1.29 is 0 Å². The summed E-state index contributed by atoms with van der Waals surface area (Å²) in [6.07, 6.45) is 1.38. The van der Waals surface area contributed by atoms with E-state index in [1.165, 1.54) is 26.1 Å². The number of nitrogens with one attached hydrogen (secondary N) is 1. The molecule has 1 atom stereocenters. The molecule has 1 aliphatic carbocycles. The Labute approximate surface area is 94.4 Å². The second-order valence-electron chi connectivity index (χ2n) is 6.55. The molecule has 1 heterocycles. The molecule has 0 spiro atoms. The van der Waals surface area contributed by atoms with Gasteiger partial charge in [0.05, 0.1) is 0 Å². The third kappa shape index (κ3) is 1.62. The van der Waals surface area contributed by atoms with Crippen LogP contribution in [0.25, 0.3) is 0 Å². The molecule has 0 bridgehead atoms. The standard InChI is InChI=1S/C13H26N2/c1-12(2)11(13(12,3)4)15-7-6-10(9-15)8-14-5/h10-11,14H,6-9H2,1-5H3. The molecule has 2 rings (SSSR count). The van der Waals surface area contributed by atoms with Gasteiger partial charge in [-0.15, -0.1) is 0 Å². The van der Waals surface area contributed by atoms with E-state index in [0.717, 1.165) is 12.0 Å². The summed E-state index contributed by atoms with van der Waals surface area (Å²) < 4.78 is 0. The van der Waals surface area contributed by atoms with Crippen LogP contribution in [-0.2, 0) is 0 Å². The van der Waals surface area contributed by atoms with Crippen LogP contribution >= 0.6 is 0 Å². The Hall–Kier alpha value is -0.0800. The Balaban J connectivity index is 1.93. The van der Waals surface area contributed by atoms with Gasteiger partial charge >= 0.3 is 0 Å². The van der Waals surface area contributed by atoms with E-state index in [-0.39, 0.29) is 0 Å². The summed E-state index contributed by atoms with van der Waals surface area (Å²) in [4.78, 5) is 2.72. The number of rotatable bonds is 3. The van der Waals surface area contributed by atoms with Gasteiger partial charge in [0.2, 0.25) is 0 Å². The SMILES string of the molecule is CNCC1CCN(C2C(C)(C)C2(C)C)C1. The Kier molecular flexibility index (Phi) is 2.63. The van der Waals surface area contributed by atoms with Crippen LogP contribution in [0.3, 0.4) is 0 Å². The number of hydrogen-bond acceptors (Lipinski definition) is 2. The van der Waals surface area contributed by atoms with Gasteiger partial charge in [0.15, 0.2) is 0 Å². The number of likely N-dealkylation sites (tertiary alicyclic amines) is 1. The van der Waals surface area contributed by atoms with E-state index >= 15 is 0 Å². The van der Waals surface area contributed by atoms with E-state index in [1.807, 2.05) is 0 Å². The predicted octanol–water partition coefficient (Wildman–Crippen LogP) is 1.96. The zero-order chi connectivity index (χ0) is 11.3. The molecular formula is C13H26N2. The third-order valence-corrected chi connectivity index (χ3v) is 5.12. The van der Waals surface area contributed by atoms with Gasteiger partial charge in [-0.2, -0.15) is 0 Å². The quantitative estimate of drug-likeness (QED) is 0.766. The molecule has 0 amide bonds. The number of nitrogens with zero attached hydrogens (tertiary/aromatic N) is 1. The van der Waals surface area contributed by atoms with E-state index in [0.29, 0.717) is 10.8 Å². The molecule has 15 heavy (non-hydrogen) atoms. The molecule has 1 aliphatic heterocycles. The minimum Gasteiger partial charge on any atom is -0.319 e. The highest BCUT2D eigenvalue weighted by atomic mass is 15.2. The van der Waals surface area contributed by atoms with Gasteiger partial charge in [0.1, 0.15) is 0 Å². The summed E-state index contributed by atoms with van der Waals surface area (Å²) in [5.41, 5.74) is 1.03. The maximum atomic E-state index is 3.30. The normalized spacial score (nSPS) is 34.6. The smallest absolute Gasteiger partial charge is 0.0209 e. The molecule has 2 fully saturated rings. The maximum Gasteiger partial charge on any atom is 0.0209 e. The van der Waals surface area contributed by atoms with Crippen molar-refractivity contribution >= 4 is 0 Å². The van der Waals surface area contributed by atoms with Crippen molar-refractivity contribution in [3.05, 3.63) is 0 Å². The number of hydrogen-bond donors (Lipinski definition) is 1. The van der Waals surface area contributed by atoms with Crippen molar-refractivity contribution in [2.75, 3.05) is 26.7 Å². The average molecular weight is 210 g/mol. The third-order valence-electron chi connectivity index (χ3n) is 5.12. The van der Waals surface area contributed by atoms with Crippen LogP contribution in [0.4, 0.5) is 0 Å². The summed E-state index contributed by atoms with van der Waals surface area (Å²) in [6, 6.07) is 0.812. The second-order valence-corrected chi connectivity index (χ2v) is 6.55. The first-order valence-electron chi connectivity index (χ1n) is 6.30. The summed E-state index contributed by atoms with van der Waals surface area (Å²) in [6.45, 7) is 13.5. The molecular weight excluding hydrogens is 184 g/mol. The first-order valence-corrected chi connectivity index (χ1v) is 6.30. The highest BCUT2D eigenvalue weighted by Gasteiger charge is 2.67. The molecule has 2 heteroatoms. The molecule has 1 saturated heterocycles. The van der Waals surface area contributed by atoms with Crippen LogP contribution in [0.15, 0.2) is 0 Å². The largest absolute Gasteiger partial charge is 0.319 e. The highest BCUT2D eigenvalue weighted by Crippen LogP contribution is 2.65. The highest BCUT2D eigenvalue weighted by molar-refractivity contribution is 5.19. The van der Waals surface area contributed by atoms with Crippen molar-refractivity contribution in [2.45, 2.75) is 40.2 Å². The fraction of sp³-hybridized carbons (Fsp3) is 1.00. The van der Waals surface area contributed by atoms with Gasteiger partial charge in [-0.05, 0) is 43.3 Å². The molecule has 2 aliphatic rings. The van der Waals surface area contributed by atoms with E-state index in [2.05, 4.69) is 45.0 Å². The Morgan fingerprint density at radius 2 is 1.80 bits per heavy atom. The molecule has 1 saturated carbocycles. The lowest BCUT2D eigenvalue weighted by Gasteiger charge is -2.18. The van der Waals surface area contributed by atoms with Gasteiger partial charge < -0.3 is 5.32 Å². The van der Waals surface area contributed by atoms with Gasteiger partial charge in [0.25, 0.3) is 0 Å². The minimum atomic E-state index is 0.515. The first-order chi connectivity index (χ1) is 6.91. The molecule has 0 aromatic carbocycles. The summed E-state index contributed by atoms with van der Waals surface area (Å²) in [7, 11) is 2.06. The predicted molar refractivity (Wildman–Crippen MR) is 65.0 cm³/mol. The van der Waals surface area contributed by atoms with E-state index < -0.39 is 0 Å². The van der Waals surface area contributed by atoms with E-state index in [1.54, 1.807) is 0 Å². The lowest BCUT2D eigenvalue weighted by molar-refractivity contribution is 0.267. The van der Waals surface area contributed by atoms with Gasteiger partial charge in [0, 0.05) is 12.6 Å². The van der Waals surface area contributed by atoms with Crippen molar-refractivity contribution in [2.24, 2.45) is 16.7 Å².